The molecule has 26 heavy (non-hydrogen) atoms. The van der Waals surface area contributed by atoms with Crippen molar-refractivity contribution in [2.45, 2.75) is 6.17 Å². The van der Waals surface area contributed by atoms with Crippen LogP contribution in [0.1, 0.15) is 22.2 Å². The highest BCUT2D eigenvalue weighted by molar-refractivity contribution is 6.30. The molecule has 0 aliphatic carbocycles. The number of nitrogens with zero attached hydrogens (tertiary/aromatic N) is 2. The molecule has 0 saturated carbocycles. The summed E-state index contributed by atoms with van der Waals surface area (Å²) in [5.41, 5.74) is 2.84. The first-order valence-electron chi connectivity index (χ1n) is 8.12. The minimum Gasteiger partial charge on any atom is -0.497 e. The van der Waals surface area contributed by atoms with Crippen LogP contribution in [0.15, 0.2) is 66.9 Å². The molecule has 4 rings (SSSR count). The van der Waals surface area contributed by atoms with Crippen molar-refractivity contribution in [1.29, 1.82) is 0 Å². The van der Waals surface area contributed by atoms with Gasteiger partial charge in [0.1, 0.15) is 5.75 Å². The molecular formula is C20H16ClN3O2. The zero-order chi connectivity index (χ0) is 18.1. The van der Waals surface area contributed by atoms with Gasteiger partial charge in [0.25, 0.3) is 5.91 Å². The van der Waals surface area contributed by atoms with Crippen molar-refractivity contribution in [3.8, 4) is 5.75 Å². The van der Waals surface area contributed by atoms with Crippen LogP contribution in [0.2, 0.25) is 5.02 Å². The zero-order valence-corrected chi connectivity index (χ0v) is 14.8. The standard InChI is InChI=1S/C20H16ClN3O2/c1-26-16-9-7-15(8-10-16)24-19(23-14-5-2-4-13(21)12-14)18-17(20(24)25)6-3-11-22-18/h2-12,19,23H,1H3. The largest absolute Gasteiger partial charge is 0.497 e. The number of hydrogen-bond acceptors (Lipinski definition) is 4. The molecule has 0 fully saturated rings. The Hall–Kier alpha value is -3.05. The van der Waals surface area contributed by atoms with Crippen molar-refractivity contribution < 1.29 is 9.53 Å². The predicted octanol–water partition coefficient (Wildman–Crippen LogP) is 4.51. The Morgan fingerprint density at radius 1 is 1.12 bits per heavy atom. The first-order chi connectivity index (χ1) is 12.7. The third-order valence-electron chi connectivity index (χ3n) is 4.28. The second-order valence-electron chi connectivity index (χ2n) is 5.87. The number of fused-ring (bicyclic) bond motifs is 1. The first-order valence-corrected chi connectivity index (χ1v) is 8.50. The molecule has 2 heterocycles. The Labute approximate surface area is 156 Å². The summed E-state index contributed by atoms with van der Waals surface area (Å²) in [5.74, 6) is 0.633. The normalized spacial score (nSPS) is 15.7. The average Bonchev–Trinajstić information content (AvgIpc) is 2.94. The fraction of sp³-hybridized carbons (Fsp3) is 0.100. The molecular weight excluding hydrogens is 350 g/mol. The summed E-state index contributed by atoms with van der Waals surface area (Å²) >= 11 is 6.10. The van der Waals surface area contributed by atoms with Crippen molar-refractivity contribution >= 4 is 28.9 Å². The molecule has 1 atom stereocenters. The smallest absolute Gasteiger partial charge is 0.262 e. The van der Waals surface area contributed by atoms with Crippen LogP contribution < -0.4 is 15.0 Å². The number of rotatable bonds is 4. The monoisotopic (exact) mass is 365 g/mol. The lowest BCUT2D eigenvalue weighted by Gasteiger charge is -2.26. The van der Waals surface area contributed by atoms with Crippen LogP contribution in [0.25, 0.3) is 0 Å². The van der Waals surface area contributed by atoms with Gasteiger partial charge in [-0.25, -0.2) is 0 Å². The Bertz CT molecular complexity index is 959. The fourth-order valence-electron chi connectivity index (χ4n) is 3.06. The SMILES string of the molecule is COc1ccc(N2C(=O)c3cccnc3C2Nc2cccc(Cl)c2)cc1. The molecule has 130 valence electrons. The molecule has 0 radical (unpaired) electrons. The highest BCUT2D eigenvalue weighted by Gasteiger charge is 2.39. The van der Waals surface area contributed by atoms with Crippen LogP contribution in [0.5, 0.6) is 5.75 Å². The summed E-state index contributed by atoms with van der Waals surface area (Å²) in [6.07, 6.45) is 1.27. The summed E-state index contributed by atoms with van der Waals surface area (Å²) in [6.45, 7) is 0. The molecule has 1 aliphatic heterocycles. The molecule has 1 aromatic heterocycles. The van der Waals surface area contributed by atoms with Gasteiger partial charge >= 0.3 is 0 Å². The molecule has 1 amide bonds. The number of pyridine rings is 1. The molecule has 1 aliphatic rings. The lowest BCUT2D eigenvalue weighted by atomic mass is 10.2. The number of halogens is 1. The van der Waals surface area contributed by atoms with Gasteiger partial charge in [-0.05, 0) is 54.6 Å². The van der Waals surface area contributed by atoms with Gasteiger partial charge < -0.3 is 10.1 Å². The van der Waals surface area contributed by atoms with E-state index in [1.807, 2.05) is 42.5 Å². The van der Waals surface area contributed by atoms with Gasteiger partial charge in [-0.1, -0.05) is 17.7 Å². The quantitative estimate of drug-likeness (QED) is 0.738. The van der Waals surface area contributed by atoms with E-state index in [2.05, 4.69) is 10.3 Å². The minimum atomic E-state index is -0.425. The second-order valence-corrected chi connectivity index (χ2v) is 6.30. The van der Waals surface area contributed by atoms with E-state index in [1.165, 1.54) is 0 Å². The van der Waals surface area contributed by atoms with E-state index < -0.39 is 6.17 Å². The molecule has 0 spiro atoms. The van der Waals surface area contributed by atoms with E-state index in [0.29, 0.717) is 16.3 Å². The van der Waals surface area contributed by atoms with Crippen molar-refractivity contribution in [3.05, 3.63) is 83.1 Å². The maximum atomic E-state index is 13.0. The van der Waals surface area contributed by atoms with E-state index in [9.17, 15) is 4.79 Å². The van der Waals surface area contributed by atoms with Crippen LogP contribution in [0.4, 0.5) is 11.4 Å². The highest BCUT2D eigenvalue weighted by Crippen LogP contribution is 2.37. The number of amides is 1. The molecule has 3 aromatic rings. The van der Waals surface area contributed by atoms with E-state index in [-0.39, 0.29) is 5.91 Å². The van der Waals surface area contributed by atoms with Crippen molar-refractivity contribution in [3.63, 3.8) is 0 Å². The van der Waals surface area contributed by atoms with Gasteiger partial charge in [0, 0.05) is 22.6 Å². The van der Waals surface area contributed by atoms with Crippen molar-refractivity contribution in [2.75, 3.05) is 17.3 Å². The zero-order valence-electron chi connectivity index (χ0n) is 14.0. The molecule has 1 unspecified atom stereocenters. The van der Waals surface area contributed by atoms with Crippen LogP contribution in [0.3, 0.4) is 0 Å². The van der Waals surface area contributed by atoms with Crippen molar-refractivity contribution in [2.24, 2.45) is 0 Å². The van der Waals surface area contributed by atoms with Crippen LogP contribution in [0, 0.1) is 0 Å². The third-order valence-corrected chi connectivity index (χ3v) is 4.52. The summed E-state index contributed by atoms with van der Waals surface area (Å²) in [5, 5.41) is 3.99. The number of hydrogen-bond donors (Lipinski definition) is 1. The van der Waals surface area contributed by atoms with Crippen molar-refractivity contribution in [1.82, 2.24) is 4.98 Å². The van der Waals surface area contributed by atoms with E-state index in [0.717, 1.165) is 17.1 Å². The maximum Gasteiger partial charge on any atom is 0.262 e. The highest BCUT2D eigenvalue weighted by atomic mass is 35.5. The van der Waals surface area contributed by atoms with Crippen LogP contribution in [-0.4, -0.2) is 18.0 Å². The van der Waals surface area contributed by atoms with Crippen LogP contribution >= 0.6 is 11.6 Å². The van der Waals surface area contributed by atoms with E-state index in [4.69, 9.17) is 16.3 Å². The number of anilines is 2. The average molecular weight is 366 g/mol. The Balaban J connectivity index is 1.76. The maximum absolute atomic E-state index is 13.0. The Kier molecular flexibility index (Phi) is 4.22. The van der Waals surface area contributed by atoms with Gasteiger partial charge in [-0.15, -0.1) is 0 Å². The summed E-state index contributed by atoms with van der Waals surface area (Å²) in [4.78, 5) is 19.1. The Morgan fingerprint density at radius 2 is 1.92 bits per heavy atom. The molecule has 2 aromatic carbocycles. The van der Waals surface area contributed by atoms with E-state index >= 15 is 0 Å². The topological polar surface area (TPSA) is 54.5 Å². The molecule has 0 saturated heterocycles. The second kappa shape index (κ2) is 6.69. The molecule has 6 heteroatoms. The minimum absolute atomic E-state index is 0.0993. The van der Waals surface area contributed by atoms with Gasteiger partial charge in [0.05, 0.1) is 18.4 Å². The van der Waals surface area contributed by atoms with Crippen LogP contribution in [-0.2, 0) is 0 Å². The summed E-state index contributed by atoms with van der Waals surface area (Å²) in [6, 6.07) is 18.3. The lowest BCUT2D eigenvalue weighted by molar-refractivity contribution is 0.0993. The summed E-state index contributed by atoms with van der Waals surface area (Å²) in [7, 11) is 1.61. The van der Waals surface area contributed by atoms with Gasteiger partial charge in [-0.2, -0.15) is 0 Å². The third kappa shape index (κ3) is 2.86. The predicted molar refractivity (Wildman–Crippen MR) is 102 cm³/mol. The Morgan fingerprint density at radius 3 is 2.65 bits per heavy atom. The molecule has 1 N–H and O–H groups in total. The summed E-state index contributed by atoms with van der Waals surface area (Å²) < 4.78 is 5.21. The molecule has 0 bridgehead atoms. The number of methoxy groups -OCH3 is 1. The van der Waals surface area contributed by atoms with Gasteiger partial charge in [0.15, 0.2) is 6.17 Å². The number of benzene rings is 2. The fourth-order valence-corrected chi connectivity index (χ4v) is 3.25. The van der Waals surface area contributed by atoms with Gasteiger partial charge in [-0.3, -0.25) is 14.7 Å². The lowest BCUT2D eigenvalue weighted by Crippen LogP contribution is -2.32. The number of nitrogens with one attached hydrogen (secondary N) is 1. The number of carbonyl (C=O) groups is 1. The number of aromatic nitrogens is 1. The van der Waals surface area contributed by atoms with Gasteiger partial charge in [0.2, 0.25) is 0 Å². The molecule has 5 nitrogen and oxygen atoms in total. The van der Waals surface area contributed by atoms with E-state index in [1.54, 1.807) is 36.4 Å². The number of ether oxygens (including phenoxy) is 1. The first kappa shape index (κ1) is 16.4. The number of carbonyl (C=O) groups excluding carboxylic acids is 1.